The number of fused-ring (bicyclic) bond motifs is 4. The number of allylic oxidation sites excluding steroid dienone is 2. The zero-order valence-electron chi connectivity index (χ0n) is 21.6. The highest BCUT2D eigenvalue weighted by Crippen LogP contribution is 2.70. The van der Waals surface area contributed by atoms with Gasteiger partial charge in [0.2, 0.25) is 0 Å². The number of ether oxygens (including phenoxy) is 3. The second-order valence-electron chi connectivity index (χ2n) is 11.3. The largest absolute Gasteiger partial charge is 0.472 e. The molecule has 9 atom stereocenters. The van der Waals surface area contributed by atoms with E-state index in [1.165, 1.54) is 26.4 Å². The Morgan fingerprint density at radius 2 is 1.89 bits per heavy atom. The fraction of sp³-hybridized carbons (Fsp3) is 0.607. The number of hydrogen-bond acceptors (Lipinski definition) is 8. The Hall–Kier alpha value is -2.71. The van der Waals surface area contributed by atoms with Gasteiger partial charge in [-0.15, -0.1) is 0 Å². The number of furan rings is 1. The zero-order valence-corrected chi connectivity index (χ0v) is 21.6. The summed E-state index contributed by atoms with van der Waals surface area (Å²) in [5.41, 5.74) is -0.215. The first kappa shape index (κ1) is 25.0. The fourth-order valence-electron chi connectivity index (χ4n) is 8.29. The lowest BCUT2D eigenvalue weighted by Crippen LogP contribution is -2.69. The maximum Gasteiger partial charge on any atom is 0.315 e. The Morgan fingerprint density at radius 3 is 2.50 bits per heavy atom. The smallest absolute Gasteiger partial charge is 0.315 e. The van der Waals surface area contributed by atoms with Gasteiger partial charge in [-0.1, -0.05) is 25.5 Å². The van der Waals surface area contributed by atoms with Crippen LogP contribution in [0, 0.1) is 28.1 Å². The summed E-state index contributed by atoms with van der Waals surface area (Å²) >= 11 is 0. The summed E-state index contributed by atoms with van der Waals surface area (Å²) in [6.45, 7) is 7.50. The zero-order chi connectivity index (χ0) is 26.2. The third-order valence-electron chi connectivity index (χ3n) is 9.87. The van der Waals surface area contributed by atoms with Crippen LogP contribution in [0.2, 0.25) is 0 Å². The van der Waals surface area contributed by atoms with Crippen molar-refractivity contribution in [3.05, 3.63) is 47.5 Å². The SMILES string of the molecule is COC(=O)C[C@H]1[C@]2(C)C3=C(C)[C@H](c4ccoc4)C[C@H]3O[C@@H]2[C@H](O)[C@@H]2[C@]1(C)C(=O)C=C[C@@]2(C)C(=O)OC. The van der Waals surface area contributed by atoms with Crippen molar-refractivity contribution in [2.75, 3.05) is 14.2 Å². The molecule has 1 aromatic heterocycles. The highest BCUT2D eigenvalue weighted by atomic mass is 16.5. The summed E-state index contributed by atoms with van der Waals surface area (Å²) in [5, 5.41) is 11.9. The van der Waals surface area contributed by atoms with Crippen LogP contribution in [0.25, 0.3) is 0 Å². The number of esters is 2. The molecule has 8 nitrogen and oxygen atoms in total. The molecule has 0 amide bonds. The van der Waals surface area contributed by atoms with E-state index in [1.54, 1.807) is 26.4 Å². The summed E-state index contributed by atoms with van der Waals surface area (Å²) in [5.74, 6) is -2.60. The summed E-state index contributed by atoms with van der Waals surface area (Å²) in [4.78, 5) is 39.6. The minimum absolute atomic E-state index is 0.0523. The third-order valence-corrected chi connectivity index (χ3v) is 9.87. The number of aliphatic hydroxyl groups excluding tert-OH is 1. The lowest BCUT2D eigenvalue weighted by Gasteiger charge is -2.61. The second-order valence-corrected chi connectivity index (χ2v) is 11.3. The van der Waals surface area contributed by atoms with Crippen LogP contribution in [0.1, 0.15) is 52.0 Å². The van der Waals surface area contributed by atoms with Crippen molar-refractivity contribution in [3.8, 4) is 0 Å². The van der Waals surface area contributed by atoms with Crippen molar-refractivity contribution in [3.63, 3.8) is 0 Å². The normalized spacial score (nSPS) is 43.1. The van der Waals surface area contributed by atoms with Gasteiger partial charge in [0.25, 0.3) is 0 Å². The van der Waals surface area contributed by atoms with Gasteiger partial charge in [0.15, 0.2) is 5.78 Å². The lowest BCUT2D eigenvalue weighted by molar-refractivity contribution is -0.216. The molecular formula is C28H34O8. The van der Waals surface area contributed by atoms with Crippen molar-refractivity contribution in [1.82, 2.24) is 0 Å². The predicted molar refractivity (Wildman–Crippen MR) is 128 cm³/mol. The number of methoxy groups -OCH3 is 2. The van der Waals surface area contributed by atoms with Gasteiger partial charge in [0.1, 0.15) is 0 Å². The molecule has 0 unspecified atom stereocenters. The Balaban J connectivity index is 1.73. The molecule has 1 saturated heterocycles. The molecule has 8 heteroatoms. The maximum atomic E-state index is 13.8. The summed E-state index contributed by atoms with van der Waals surface area (Å²) in [6.07, 6.45) is 4.78. The molecule has 1 aliphatic heterocycles. The van der Waals surface area contributed by atoms with E-state index >= 15 is 0 Å². The topological polar surface area (TPSA) is 112 Å². The van der Waals surface area contributed by atoms with E-state index < -0.39 is 52.2 Å². The molecule has 1 N–H and O–H groups in total. The van der Waals surface area contributed by atoms with Crippen molar-refractivity contribution in [1.29, 1.82) is 0 Å². The fourth-order valence-corrected chi connectivity index (χ4v) is 8.29. The molecule has 5 rings (SSSR count). The van der Waals surface area contributed by atoms with Gasteiger partial charge in [-0.2, -0.15) is 0 Å². The average Bonchev–Trinajstić information content (AvgIpc) is 3.56. The average molecular weight is 499 g/mol. The third kappa shape index (κ3) is 2.97. The number of ketones is 1. The second kappa shape index (κ2) is 8.15. The molecule has 0 bridgehead atoms. The maximum absolute atomic E-state index is 13.8. The molecule has 1 aromatic rings. The van der Waals surface area contributed by atoms with E-state index in [2.05, 4.69) is 6.92 Å². The summed E-state index contributed by atoms with van der Waals surface area (Å²) in [6, 6.07) is 1.94. The number of carbonyl (C=O) groups excluding carboxylic acids is 3. The minimum atomic E-state index is -1.28. The van der Waals surface area contributed by atoms with Crippen molar-refractivity contribution < 1.29 is 38.1 Å². The van der Waals surface area contributed by atoms with Crippen molar-refractivity contribution in [2.45, 2.75) is 64.8 Å². The van der Waals surface area contributed by atoms with Gasteiger partial charge in [-0.05, 0) is 49.5 Å². The van der Waals surface area contributed by atoms with Crippen LogP contribution in [0.4, 0.5) is 0 Å². The van der Waals surface area contributed by atoms with Gasteiger partial charge in [-0.3, -0.25) is 14.4 Å². The predicted octanol–water partition coefficient (Wildman–Crippen LogP) is 3.35. The monoisotopic (exact) mass is 498 g/mol. The van der Waals surface area contributed by atoms with Gasteiger partial charge in [-0.25, -0.2) is 0 Å². The molecule has 194 valence electrons. The van der Waals surface area contributed by atoms with E-state index in [9.17, 15) is 19.5 Å². The Bertz CT molecular complexity index is 1160. The molecular weight excluding hydrogens is 464 g/mol. The van der Waals surface area contributed by atoms with Gasteiger partial charge in [0, 0.05) is 22.7 Å². The highest BCUT2D eigenvalue weighted by molar-refractivity contribution is 5.99. The van der Waals surface area contributed by atoms with Crippen LogP contribution in [-0.4, -0.2) is 55.4 Å². The lowest BCUT2D eigenvalue weighted by atomic mass is 9.41. The van der Waals surface area contributed by atoms with E-state index in [0.717, 1.165) is 16.7 Å². The van der Waals surface area contributed by atoms with Crippen LogP contribution < -0.4 is 0 Å². The quantitative estimate of drug-likeness (QED) is 0.497. The van der Waals surface area contributed by atoms with Gasteiger partial charge >= 0.3 is 11.9 Å². The van der Waals surface area contributed by atoms with E-state index in [-0.39, 0.29) is 24.2 Å². The van der Waals surface area contributed by atoms with Crippen LogP contribution in [0.15, 0.2) is 46.3 Å². The van der Waals surface area contributed by atoms with Gasteiger partial charge in [0.05, 0.1) is 56.9 Å². The summed E-state index contributed by atoms with van der Waals surface area (Å²) in [7, 11) is 2.62. The van der Waals surface area contributed by atoms with Gasteiger partial charge < -0.3 is 23.7 Å². The molecule has 2 fully saturated rings. The van der Waals surface area contributed by atoms with E-state index in [0.29, 0.717) is 6.42 Å². The number of rotatable bonds is 4. The molecule has 0 aromatic carbocycles. The minimum Gasteiger partial charge on any atom is -0.472 e. The first-order valence-electron chi connectivity index (χ1n) is 12.4. The van der Waals surface area contributed by atoms with E-state index in [4.69, 9.17) is 18.6 Å². The molecule has 3 aliphatic carbocycles. The number of aliphatic hydroxyl groups is 1. The molecule has 2 heterocycles. The highest BCUT2D eigenvalue weighted by Gasteiger charge is 2.74. The Morgan fingerprint density at radius 1 is 1.17 bits per heavy atom. The first-order chi connectivity index (χ1) is 17.0. The number of carbonyl (C=O) groups is 3. The van der Waals surface area contributed by atoms with Crippen LogP contribution >= 0.6 is 0 Å². The number of hydrogen-bond donors (Lipinski definition) is 1. The van der Waals surface area contributed by atoms with E-state index in [1.807, 2.05) is 13.0 Å². The Kier molecular flexibility index (Phi) is 5.65. The molecule has 1 saturated carbocycles. The molecule has 0 spiro atoms. The van der Waals surface area contributed by atoms with Crippen molar-refractivity contribution in [2.24, 2.45) is 28.1 Å². The molecule has 4 aliphatic rings. The summed E-state index contributed by atoms with van der Waals surface area (Å²) < 4.78 is 22.1. The van der Waals surface area contributed by atoms with Crippen LogP contribution in [-0.2, 0) is 28.6 Å². The molecule has 36 heavy (non-hydrogen) atoms. The molecule has 0 radical (unpaired) electrons. The van der Waals surface area contributed by atoms with Crippen LogP contribution in [0.3, 0.4) is 0 Å². The van der Waals surface area contributed by atoms with Crippen LogP contribution in [0.5, 0.6) is 0 Å². The van der Waals surface area contributed by atoms with Crippen molar-refractivity contribution >= 4 is 17.7 Å². The first-order valence-corrected chi connectivity index (χ1v) is 12.4. The Labute approximate surface area is 210 Å². The standard InChI is InChI=1S/C28H34O8/c1-14-16(15-8-10-35-13-15)11-17-21(14)28(4)18(12-20(30)33-5)27(3)19(29)7-9-26(2,25(32)34-6)23(27)22(31)24(28)36-17/h7-10,13,16-18,22-24,31H,11-12H2,1-6H3/t16-,17-,18-,22-,23+,24-,26-,27+,28-/m1/s1.